The summed E-state index contributed by atoms with van der Waals surface area (Å²) >= 11 is 0. The largest absolute Gasteiger partial charge is 0.497 e. The molecule has 0 saturated heterocycles. The molecule has 2 amide bonds. The number of anilines is 1. The lowest BCUT2D eigenvalue weighted by atomic mass is 9.72. The van der Waals surface area contributed by atoms with E-state index in [0.29, 0.717) is 0 Å². The van der Waals surface area contributed by atoms with Crippen LogP contribution in [0.1, 0.15) is 43.4 Å². The van der Waals surface area contributed by atoms with Crippen LogP contribution in [0.25, 0.3) is 0 Å². The second-order valence-electron chi connectivity index (χ2n) is 6.75. The molecule has 1 aliphatic rings. The second-order valence-corrected chi connectivity index (χ2v) is 6.75. The minimum Gasteiger partial charge on any atom is -0.497 e. The zero-order chi connectivity index (χ0) is 18.6. The number of benzene rings is 2. The molecule has 0 bridgehead atoms. The Morgan fingerprint density at radius 2 is 1.88 bits per heavy atom. The van der Waals surface area contributed by atoms with E-state index >= 15 is 0 Å². The monoisotopic (exact) mass is 354 g/mol. The number of nitrogens with one attached hydrogen (secondary N) is 2. The average Bonchev–Trinajstić information content (AvgIpc) is 2.64. The topological polar surface area (TPSA) is 59.6 Å². The highest BCUT2D eigenvalue weighted by molar-refractivity contribution is 5.90. The van der Waals surface area contributed by atoms with Crippen molar-refractivity contribution in [3.63, 3.8) is 0 Å². The predicted octanol–water partition coefficient (Wildman–Crippen LogP) is 4.60. The van der Waals surface area contributed by atoms with Crippen molar-refractivity contribution in [2.45, 2.75) is 37.8 Å². The highest BCUT2D eigenvalue weighted by Gasteiger charge is 2.40. The van der Waals surface area contributed by atoms with Gasteiger partial charge in [-0.1, -0.05) is 24.3 Å². The third-order valence-corrected chi connectivity index (χ3v) is 5.15. The molecule has 1 fully saturated rings. The van der Waals surface area contributed by atoms with Crippen LogP contribution < -0.4 is 15.4 Å². The Bertz CT molecular complexity index is 771. The van der Waals surface area contributed by atoms with Gasteiger partial charge in [-0.05, 0) is 61.6 Å². The van der Waals surface area contributed by atoms with Gasteiger partial charge in [0.25, 0.3) is 0 Å². The summed E-state index contributed by atoms with van der Waals surface area (Å²) in [6.07, 6.45) is 2.93. The number of carbonyl (C=O) groups is 1. The van der Waals surface area contributed by atoms with Gasteiger partial charge in [0, 0.05) is 12.8 Å². The lowest BCUT2D eigenvalue weighted by Gasteiger charge is -2.43. The Labute approximate surface area is 154 Å². The van der Waals surface area contributed by atoms with Crippen LogP contribution in [0.4, 0.5) is 10.5 Å². The smallest absolute Gasteiger partial charge is 0.319 e. The average molecular weight is 354 g/mol. The van der Waals surface area contributed by atoms with Crippen LogP contribution in [0, 0.1) is 0 Å². The molecule has 5 nitrogen and oxygen atoms in total. The summed E-state index contributed by atoms with van der Waals surface area (Å²) in [6.45, 7) is 1.98. The Balaban J connectivity index is 1.72. The number of methoxy groups -OCH3 is 2. The van der Waals surface area contributed by atoms with E-state index in [1.165, 1.54) is 0 Å². The standard InChI is InChI=1S/C21H26N2O3/c1-15(25-2)16-7-4-9-18(13-16)22-20(24)23-21(11-6-12-21)17-8-5-10-19(14-17)26-3/h4-5,7-10,13-15H,6,11-12H2,1-3H3,(H2,22,23,24). The van der Waals surface area contributed by atoms with E-state index in [2.05, 4.69) is 10.6 Å². The summed E-state index contributed by atoms with van der Waals surface area (Å²) in [5, 5.41) is 6.12. The van der Waals surface area contributed by atoms with Crippen molar-refractivity contribution in [2.24, 2.45) is 0 Å². The van der Waals surface area contributed by atoms with Crippen LogP contribution in [-0.2, 0) is 10.3 Å². The van der Waals surface area contributed by atoms with Gasteiger partial charge >= 0.3 is 6.03 Å². The zero-order valence-corrected chi connectivity index (χ0v) is 15.5. The number of hydrogen-bond donors (Lipinski definition) is 2. The van der Waals surface area contributed by atoms with Crippen molar-refractivity contribution >= 4 is 11.7 Å². The van der Waals surface area contributed by atoms with Crippen LogP contribution in [0.5, 0.6) is 5.75 Å². The SMILES string of the molecule is COc1cccc(C2(NC(=O)Nc3cccc(C(C)OC)c3)CCC2)c1. The van der Waals surface area contributed by atoms with Gasteiger partial charge in [0.2, 0.25) is 0 Å². The molecule has 2 aromatic carbocycles. The number of amides is 2. The van der Waals surface area contributed by atoms with Gasteiger partial charge in [-0.2, -0.15) is 0 Å². The van der Waals surface area contributed by atoms with Gasteiger partial charge in [-0.15, -0.1) is 0 Å². The molecule has 0 radical (unpaired) electrons. The van der Waals surface area contributed by atoms with Crippen LogP contribution in [0.3, 0.4) is 0 Å². The molecule has 2 N–H and O–H groups in total. The van der Waals surface area contributed by atoms with E-state index in [-0.39, 0.29) is 17.7 Å². The van der Waals surface area contributed by atoms with Crippen LogP contribution in [0.2, 0.25) is 0 Å². The van der Waals surface area contributed by atoms with Crippen molar-refractivity contribution < 1.29 is 14.3 Å². The highest BCUT2D eigenvalue weighted by atomic mass is 16.5. The molecule has 0 aliphatic heterocycles. The molecular weight excluding hydrogens is 328 g/mol. The van der Waals surface area contributed by atoms with Gasteiger partial charge in [0.05, 0.1) is 18.8 Å². The lowest BCUT2D eigenvalue weighted by molar-refractivity contribution is 0.119. The number of carbonyl (C=O) groups excluding carboxylic acids is 1. The minimum atomic E-state index is -0.323. The summed E-state index contributed by atoms with van der Waals surface area (Å²) < 4.78 is 10.7. The highest BCUT2D eigenvalue weighted by Crippen LogP contribution is 2.42. The maximum absolute atomic E-state index is 12.6. The molecule has 138 valence electrons. The van der Waals surface area contributed by atoms with E-state index < -0.39 is 0 Å². The fraction of sp³-hybridized carbons (Fsp3) is 0.381. The maximum atomic E-state index is 12.6. The first-order chi connectivity index (χ1) is 12.6. The number of hydrogen-bond acceptors (Lipinski definition) is 3. The first-order valence-corrected chi connectivity index (χ1v) is 8.93. The molecule has 3 rings (SSSR count). The summed E-state index contributed by atoms with van der Waals surface area (Å²) in [5.41, 5.74) is 2.54. The second kappa shape index (κ2) is 7.79. The predicted molar refractivity (Wildman–Crippen MR) is 103 cm³/mol. The van der Waals surface area contributed by atoms with Crippen LogP contribution in [-0.4, -0.2) is 20.3 Å². The molecule has 5 heteroatoms. The molecule has 1 saturated carbocycles. The van der Waals surface area contributed by atoms with Crippen LogP contribution >= 0.6 is 0 Å². The van der Waals surface area contributed by atoms with Crippen molar-refractivity contribution in [3.05, 3.63) is 59.7 Å². The Morgan fingerprint density at radius 1 is 1.12 bits per heavy atom. The summed E-state index contributed by atoms with van der Waals surface area (Å²) in [7, 11) is 3.33. The van der Waals surface area contributed by atoms with E-state index in [4.69, 9.17) is 9.47 Å². The Hall–Kier alpha value is -2.53. The summed E-state index contributed by atoms with van der Waals surface area (Å²) in [5.74, 6) is 0.803. The first kappa shape index (κ1) is 18.3. The van der Waals surface area contributed by atoms with E-state index in [9.17, 15) is 4.79 Å². The van der Waals surface area contributed by atoms with Crippen molar-refractivity contribution in [3.8, 4) is 5.75 Å². The van der Waals surface area contributed by atoms with Crippen LogP contribution in [0.15, 0.2) is 48.5 Å². The fourth-order valence-electron chi connectivity index (χ4n) is 3.32. The molecule has 0 aromatic heterocycles. The molecule has 2 aromatic rings. The Morgan fingerprint density at radius 3 is 2.54 bits per heavy atom. The quantitative estimate of drug-likeness (QED) is 0.797. The molecular formula is C21H26N2O3. The van der Waals surface area contributed by atoms with Gasteiger partial charge in [0.1, 0.15) is 5.75 Å². The Kier molecular flexibility index (Phi) is 5.47. The van der Waals surface area contributed by atoms with Gasteiger partial charge in [-0.3, -0.25) is 0 Å². The van der Waals surface area contributed by atoms with Gasteiger partial charge < -0.3 is 20.1 Å². The number of rotatable bonds is 6. The number of ether oxygens (including phenoxy) is 2. The number of urea groups is 1. The summed E-state index contributed by atoms with van der Waals surface area (Å²) in [6, 6.07) is 15.4. The fourth-order valence-corrected chi connectivity index (χ4v) is 3.32. The maximum Gasteiger partial charge on any atom is 0.319 e. The molecule has 0 spiro atoms. The lowest BCUT2D eigenvalue weighted by Crippen LogP contribution is -2.52. The van der Waals surface area contributed by atoms with Gasteiger partial charge in [0.15, 0.2) is 0 Å². The van der Waals surface area contributed by atoms with Gasteiger partial charge in [-0.25, -0.2) is 4.79 Å². The van der Waals surface area contributed by atoms with E-state index in [0.717, 1.165) is 41.8 Å². The van der Waals surface area contributed by atoms with E-state index in [1.807, 2.05) is 55.5 Å². The van der Waals surface area contributed by atoms with Crippen molar-refractivity contribution in [2.75, 3.05) is 19.5 Å². The zero-order valence-electron chi connectivity index (χ0n) is 15.5. The molecule has 26 heavy (non-hydrogen) atoms. The third kappa shape index (κ3) is 3.83. The van der Waals surface area contributed by atoms with Crippen molar-refractivity contribution in [1.82, 2.24) is 5.32 Å². The molecule has 1 atom stereocenters. The molecule has 1 unspecified atom stereocenters. The molecule has 0 heterocycles. The first-order valence-electron chi connectivity index (χ1n) is 8.93. The third-order valence-electron chi connectivity index (χ3n) is 5.15. The van der Waals surface area contributed by atoms with E-state index in [1.54, 1.807) is 14.2 Å². The normalized spacial score (nSPS) is 16.3. The van der Waals surface area contributed by atoms with Crippen molar-refractivity contribution in [1.29, 1.82) is 0 Å². The summed E-state index contributed by atoms with van der Waals surface area (Å²) in [4.78, 5) is 12.6. The minimum absolute atomic E-state index is 0.0189. The molecule has 1 aliphatic carbocycles.